The normalized spacial score (nSPS) is 17.9. The van der Waals surface area contributed by atoms with Crippen LogP contribution < -0.4 is 0 Å². The zero-order chi connectivity index (χ0) is 31.4. The van der Waals surface area contributed by atoms with Crippen LogP contribution in [0.2, 0.25) is 5.02 Å². The lowest BCUT2D eigenvalue weighted by Crippen LogP contribution is -2.32. The van der Waals surface area contributed by atoms with Crippen molar-refractivity contribution >= 4 is 23.4 Å². The van der Waals surface area contributed by atoms with E-state index in [1.54, 1.807) is 0 Å². The van der Waals surface area contributed by atoms with Crippen LogP contribution in [0.4, 0.5) is 50.0 Å². The maximum Gasteiger partial charge on any atom is 0.416 e. The molecule has 1 saturated heterocycles. The lowest BCUT2D eigenvalue weighted by atomic mass is 9.95. The largest absolute Gasteiger partial charge is 0.439 e. The quantitative estimate of drug-likeness (QED) is 0.161. The van der Waals surface area contributed by atoms with E-state index in [1.807, 2.05) is 0 Å². The lowest BCUT2D eigenvalue weighted by Gasteiger charge is -2.24. The van der Waals surface area contributed by atoms with Gasteiger partial charge in [-0.25, -0.2) is 4.79 Å². The van der Waals surface area contributed by atoms with Gasteiger partial charge in [-0.3, -0.25) is 15.0 Å². The number of nitrogens with zero attached hydrogens (tertiary/aromatic N) is 2. The Kier molecular flexibility index (Phi) is 7.86. The summed E-state index contributed by atoms with van der Waals surface area (Å²) in [4.78, 5) is 24.1. The highest BCUT2D eigenvalue weighted by Gasteiger charge is 2.43. The minimum absolute atomic E-state index is 0.0430. The summed E-state index contributed by atoms with van der Waals surface area (Å²) in [7, 11) is 0. The van der Waals surface area contributed by atoms with Gasteiger partial charge in [-0.05, 0) is 60.0 Å². The van der Waals surface area contributed by atoms with Gasteiger partial charge in [-0.1, -0.05) is 17.7 Å². The number of amides is 1. The first-order chi connectivity index (χ1) is 19.3. The summed E-state index contributed by atoms with van der Waals surface area (Å²) < 4.78 is 126. The summed E-state index contributed by atoms with van der Waals surface area (Å²) in [6.45, 7) is 0.566. The van der Waals surface area contributed by atoms with Crippen LogP contribution in [0, 0.1) is 10.1 Å². The number of halogens is 10. The fourth-order valence-corrected chi connectivity index (χ4v) is 4.70. The molecule has 0 spiro atoms. The molecule has 6 nitrogen and oxygen atoms in total. The van der Waals surface area contributed by atoms with Crippen molar-refractivity contribution in [2.45, 2.75) is 44.1 Å². The van der Waals surface area contributed by atoms with E-state index in [9.17, 15) is 54.4 Å². The Morgan fingerprint density at radius 1 is 0.833 bits per heavy atom. The molecule has 16 heteroatoms. The molecule has 2 atom stereocenters. The van der Waals surface area contributed by atoms with E-state index in [0.29, 0.717) is 24.3 Å². The first-order valence-corrected chi connectivity index (χ1v) is 12.1. The van der Waals surface area contributed by atoms with Gasteiger partial charge in [0.1, 0.15) is 6.10 Å². The summed E-state index contributed by atoms with van der Waals surface area (Å²) in [6, 6.07) is 4.96. The zero-order valence-electron chi connectivity index (χ0n) is 20.9. The first kappa shape index (κ1) is 30.9. The van der Waals surface area contributed by atoms with Crippen molar-refractivity contribution in [3.05, 3.63) is 97.6 Å². The van der Waals surface area contributed by atoms with Crippen molar-refractivity contribution in [1.29, 1.82) is 0 Å². The molecule has 4 rings (SSSR count). The predicted molar refractivity (Wildman–Crippen MR) is 129 cm³/mol. The Labute approximate surface area is 235 Å². The summed E-state index contributed by atoms with van der Waals surface area (Å²) in [5.74, 6) is 0. The van der Waals surface area contributed by atoms with E-state index in [1.165, 1.54) is 6.92 Å². The van der Waals surface area contributed by atoms with Crippen molar-refractivity contribution in [2.75, 3.05) is 0 Å². The number of nitro groups is 1. The highest BCUT2D eigenvalue weighted by molar-refractivity contribution is 6.33. The van der Waals surface area contributed by atoms with Crippen LogP contribution in [0.3, 0.4) is 0 Å². The molecule has 0 aliphatic carbocycles. The van der Waals surface area contributed by atoms with Crippen molar-refractivity contribution in [3.8, 4) is 11.1 Å². The molecule has 1 aliphatic rings. The number of hydrogen-bond acceptors (Lipinski definition) is 4. The standard InChI is InChI=1S/C26H16ClF9N2O4/c1-12-22(13-6-16(25(31,32)33)9-17(7-13)26(34,35)36)42-23(39)37(12)11-14-8-15(24(28,29)30)2-4-19(14)20-10-18(38(40)41)3-5-21(20)27/h2-10,12,22H,11H2,1H3/t12-,22-/m0/s1. The molecule has 3 aromatic carbocycles. The van der Waals surface area contributed by atoms with E-state index >= 15 is 0 Å². The monoisotopic (exact) mass is 626 g/mol. The van der Waals surface area contributed by atoms with Crippen LogP contribution in [-0.4, -0.2) is 22.0 Å². The number of nitro benzene ring substituents is 1. The van der Waals surface area contributed by atoms with E-state index in [-0.39, 0.29) is 27.8 Å². The predicted octanol–water partition coefficient (Wildman–Crippen LogP) is 9.05. The highest BCUT2D eigenvalue weighted by Crippen LogP contribution is 2.43. The second-order valence-corrected chi connectivity index (χ2v) is 9.71. The topological polar surface area (TPSA) is 72.7 Å². The maximum absolute atomic E-state index is 13.6. The molecule has 1 aliphatic heterocycles. The summed E-state index contributed by atoms with van der Waals surface area (Å²) >= 11 is 6.18. The molecule has 0 bridgehead atoms. The average Bonchev–Trinajstić information content (AvgIpc) is 3.15. The van der Waals surface area contributed by atoms with Gasteiger partial charge in [0, 0.05) is 22.7 Å². The number of carbonyl (C=O) groups excluding carboxylic acids is 1. The fourth-order valence-electron chi connectivity index (χ4n) is 4.48. The van der Waals surface area contributed by atoms with Gasteiger partial charge in [0.05, 0.1) is 34.2 Å². The van der Waals surface area contributed by atoms with Crippen molar-refractivity contribution in [2.24, 2.45) is 0 Å². The minimum Gasteiger partial charge on any atom is -0.439 e. The van der Waals surface area contributed by atoms with E-state index < -0.39 is 76.2 Å². The molecule has 0 saturated carbocycles. The van der Waals surface area contributed by atoms with Gasteiger partial charge in [0.2, 0.25) is 0 Å². The van der Waals surface area contributed by atoms with Crippen molar-refractivity contribution < 1.29 is 54.0 Å². The second-order valence-electron chi connectivity index (χ2n) is 9.30. The van der Waals surface area contributed by atoms with Gasteiger partial charge >= 0.3 is 24.6 Å². The molecule has 0 aromatic heterocycles. The summed E-state index contributed by atoms with van der Waals surface area (Å²) in [6.07, 6.45) is -18.1. The minimum atomic E-state index is -5.17. The van der Waals surface area contributed by atoms with Crippen LogP contribution in [0.1, 0.15) is 40.8 Å². The summed E-state index contributed by atoms with van der Waals surface area (Å²) in [5, 5.41) is 11.2. The molecule has 1 heterocycles. The van der Waals surface area contributed by atoms with Gasteiger partial charge in [0.25, 0.3) is 5.69 Å². The number of ether oxygens (including phenoxy) is 1. The Hall–Kier alpha value is -4.01. The third kappa shape index (κ3) is 6.25. The molecular formula is C26H16ClF9N2O4. The molecule has 1 amide bonds. The number of cyclic esters (lactones) is 1. The summed E-state index contributed by atoms with van der Waals surface area (Å²) in [5.41, 5.74) is -5.85. The lowest BCUT2D eigenvalue weighted by molar-refractivity contribution is -0.384. The molecule has 1 fully saturated rings. The molecular weight excluding hydrogens is 611 g/mol. The highest BCUT2D eigenvalue weighted by atomic mass is 35.5. The number of hydrogen-bond donors (Lipinski definition) is 0. The fraction of sp³-hybridized carbons (Fsp3) is 0.269. The number of non-ortho nitro benzene ring substituents is 1. The van der Waals surface area contributed by atoms with E-state index in [0.717, 1.165) is 29.2 Å². The smallest absolute Gasteiger partial charge is 0.416 e. The molecule has 0 unspecified atom stereocenters. The number of rotatable bonds is 5. The average molecular weight is 627 g/mol. The first-order valence-electron chi connectivity index (χ1n) is 11.7. The van der Waals surface area contributed by atoms with Gasteiger partial charge in [0.15, 0.2) is 0 Å². The van der Waals surface area contributed by atoms with Crippen molar-refractivity contribution in [3.63, 3.8) is 0 Å². The number of alkyl halides is 9. The molecule has 0 radical (unpaired) electrons. The van der Waals surface area contributed by atoms with Crippen LogP contribution in [-0.2, 0) is 29.8 Å². The van der Waals surface area contributed by atoms with Crippen LogP contribution in [0.5, 0.6) is 0 Å². The Bertz CT molecular complexity index is 1520. The van der Waals surface area contributed by atoms with Crippen molar-refractivity contribution in [1.82, 2.24) is 4.90 Å². The van der Waals surface area contributed by atoms with E-state index in [4.69, 9.17) is 16.3 Å². The third-order valence-corrected chi connectivity index (χ3v) is 6.88. The van der Waals surface area contributed by atoms with E-state index in [2.05, 4.69) is 0 Å². The molecule has 0 N–H and O–H groups in total. The number of carbonyl (C=O) groups is 1. The SMILES string of the molecule is C[C@H]1[C@@H](c2cc(C(F)(F)F)cc(C(F)(F)F)c2)OC(=O)N1Cc1cc(C(F)(F)F)ccc1-c1cc([N+](=O)[O-])ccc1Cl. The molecule has 3 aromatic rings. The van der Waals surface area contributed by atoms with Gasteiger partial charge in [-0.2, -0.15) is 39.5 Å². The number of benzene rings is 3. The third-order valence-electron chi connectivity index (χ3n) is 6.55. The Balaban J connectivity index is 1.78. The van der Waals surface area contributed by atoms with Crippen LogP contribution in [0.25, 0.3) is 11.1 Å². The van der Waals surface area contributed by atoms with Gasteiger partial charge < -0.3 is 4.74 Å². The van der Waals surface area contributed by atoms with Gasteiger partial charge in [-0.15, -0.1) is 0 Å². The second kappa shape index (κ2) is 10.7. The molecule has 224 valence electrons. The molecule has 42 heavy (non-hydrogen) atoms. The van der Waals surface area contributed by atoms with Crippen LogP contribution in [0.15, 0.2) is 54.6 Å². The van der Waals surface area contributed by atoms with Crippen LogP contribution >= 0.6 is 11.6 Å². The Morgan fingerprint density at radius 3 is 1.93 bits per heavy atom. The zero-order valence-corrected chi connectivity index (χ0v) is 21.6. The maximum atomic E-state index is 13.6. The Morgan fingerprint density at radius 2 is 1.40 bits per heavy atom.